The maximum atomic E-state index is 14.3. The van der Waals surface area contributed by atoms with Gasteiger partial charge in [-0.1, -0.05) is 59.3 Å². The van der Waals surface area contributed by atoms with Gasteiger partial charge < -0.3 is 9.47 Å². The first-order valence-electron chi connectivity index (χ1n) is 15.0. The van der Waals surface area contributed by atoms with Crippen LogP contribution in [0, 0.1) is 24.0 Å². The highest BCUT2D eigenvalue weighted by Gasteiger charge is 2.37. The van der Waals surface area contributed by atoms with Crippen LogP contribution in [0.4, 0.5) is 5.69 Å². The first-order chi connectivity index (χ1) is 23.6. The summed E-state index contributed by atoms with van der Waals surface area (Å²) in [6, 6.07) is 19.6. The molecule has 0 radical (unpaired) electrons. The molecule has 14 heteroatoms. The molecular formula is C35H28ClN5O6S2. The van der Waals surface area contributed by atoms with Gasteiger partial charge in [-0.25, -0.2) is 19.8 Å². The monoisotopic (exact) mass is 713 g/mol. The minimum atomic E-state index is -1.02. The van der Waals surface area contributed by atoms with Gasteiger partial charge in [0.2, 0.25) is 0 Å². The van der Waals surface area contributed by atoms with Gasteiger partial charge in [-0.2, -0.15) is 0 Å². The van der Waals surface area contributed by atoms with E-state index in [0.29, 0.717) is 48.0 Å². The molecule has 1 aliphatic heterocycles. The van der Waals surface area contributed by atoms with Crippen molar-refractivity contribution in [2.24, 2.45) is 4.99 Å². The number of benzene rings is 3. The van der Waals surface area contributed by atoms with E-state index in [1.54, 1.807) is 43.3 Å². The highest BCUT2D eigenvalue weighted by molar-refractivity contribution is 7.99. The molecule has 0 aliphatic carbocycles. The lowest BCUT2D eigenvalue weighted by molar-refractivity contribution is -0.387. The number of aromatic nitrogens is 3. The minimum absolute atomic E-state index is 0.0941. The molecule has 5 aromatic rings. The van der Waals surface area contributed by atoms with Crippen LogP contribution in [0.1, 0.15) is 41.0 Å². The Kier molecular flexibility index (Phi) is 9.77. The summed E-state index contributed by atoms with van der Waals surface area (Å²) in [5, 5.41) is 12.9. The second kappa shape index (κ2) is 14.2. The number of nitrogens with zero attached hydrogens (tertiary/aromatic N) is 5. The third kappa shape index (κ3) is 6.91. The number of carbonyl (C=O) groups is 1. The van der Waals surface area contributed by atoms with Crippen LogP contribution in [0.15, 0.2) is 98.2 Å². The van der Waals surface area contributed by atoms with Gasteiger partial charge in [0, 0.05) is 33.6 Å². The van der Waals surface area contributed by atoms with Crippen LogP contribution in [-0.4, -0.2) is 39.1 Å². The van der Waals surface area contributed by atoms with Crippen molar-refractivity contribution in [2.75, 3.05) is 13.7 Å². The van der Waals surface area contributed by atoms with Crippen LogP contribution in [-0.2, 0) is 9.53 Å². The van der Waals surface area contributed by atoms with Crippen molar-refractivity contribution >= 4 is 58.1 Å². The van der Waals surface area contributed by atoms with Crippen molar-refractivity contribution in [1.29, 1.82) is 0 Å². The van der Waals surface area contributed by atoms with Crippen molar-refractivity contribution in [3.63, 3.8) is 0 Å². The Labute approximate surface area is 293 Å². The van der Waals surface area contributed by atoms with Crippen molar-refractivity contribution < 1.29 is 19.2 Å². The topological polar surface area (TPSA) is 139 Å². The quantitative estimate of drug-likeness (QED) is 0.0772. The third-order valence-corrected chi connectivity index (χ3v) is 9.65. The number of nitro groups is 1. The molecule has 2 aromatic heterocycles. The Morgan fingerprint density at radius 1 is 1.08 bits per heavy atom. The first kappa shape index (κ1) is 33.8. The van der Waals surface area contributed by atoms with Crippen LogP contribution in [0.5, 0.6) is 5.75 Å². The molecule has 1 aliphatic rings. The van der Waals surface area contributed by atoms with E-state index >= 15 is 0 Å². The number of methoxy groups -OCH3 is 1. The summed E-state index contributed by atoms with van der Waals surface area (Å²) >= 11 is 8.65. The SMILES string of the molecule is CCOC(=O)C1=C(c2ccccc2)N=c2s/c(=C\c3ccc(Sc4nc(C)cc(C)n4)c([N+](=O)[O-])c3)c(=O)n2[C@H]1c1cc(Cl)ccc1OC. The summed E-state index contributed by atoms with van der Waals surface area (Å²) in [4.78, 5) is 54.1. The second-order valence-electron chi connectivity index (χ2n) is 10.8. The van der Waals surface area contributed by atoms with E-state index < -0.39 is 22.5 Å². The zero-order valence-electron chi connectivity index (χ0n) is 26.7. The molecule has 0 bridgehead atoms. The number of rotatable bonds is 9. The van der Waals surface area contributed by atoms with Crippen molar-refractivity contribution in [2.45, 2.75) is 36.9 Å². The average molecular weight is 714 g/mol. The summed E-state index contributed by atoms with van der Waals surface area (Å²) in [7, 11) is 1.49. The summed E-state index contributed by atoms with van der Waals surface area (Å²) in [5.74, 6) is -0.250. The fraction of sp³-hybridized carbons (Fsp3) is 0.171. The highest BCUT2D eigenvalue weighted by atomic mass is 35.5. The Balaban J connectivity index is 1.56. The van der Waals surface area contributed by atoms with Gasteiger partial charge in [0.15, 0.2) is 9.96 Å². The molecular weight excluding hydrogens is 686 g/mol. The lowest BCUT2D eigenvalue weighted by Gasteiger charge is -2.27. The molecule has 49 heavy (non-hydrogen) atoms. The van der Waals surface area contributed by atoms with Gasteiger partial charge in [-0.3, -0.25) is 19.5 Å². The summed E-state index contributed by atoms with van der Waals surface area (Å²) in [6.45, 7) is 5.45. The van der Waals surface area contributed by atoms with E-state index in [2.05, 4.69) is 9.97 Å². The fourth-order valence-corrected chi connectivity index (χ4v) is 7.63. The minimum Gasteiger partial charge on any atom is -0.496 e. The fourth-order valence-electron chi connectivity index (χ4n) is 5.50. The average Bonchev–Trinajstić information content (AvgIpc) is 3.38. The molecule has 0 unspecified atom stereocenters. The van der Waals surface area contributed by atoms with Crippen molar-refractivity contribution in [3.8, 4) is 5.75 Å². The molecule has 3 aromatic carbocycles. The largest absolute Gasteiger partial charge is 0.496 e. The van der Waals surface area contributed by atoms with E-state index in [0.717, 1.165) is 34.5 Å². The number of nitro benzene ring substituents is 1. The van der Waals surface area contributed by atoms with Crippen LogP contribution in [0.2, 0.25) is 5.02 Å². The second-order valence-corrected chi connectivity index (χ2v) is 13.3. The molecule has 6 rings (SSSR count). The molecule has 11 nitrogen and oxygen atoms in total. The summed E-state index contributed by atoms with van der Waals surface area (Å²) in [5.41, 5.74) is 2.88. The lowest BCUT2D eigenvalue weighted by atomic mass is 9.92. The summed E-state index contributed by atoms with van der Waals surface area (Å²) in [6.07, 6.45) is 1.57. The number of thiazole rings is 1. The number of hydrogen-bond acceptors (Lipinski definition) is 11. The number of fused-ring (bicyclic) bond motifs is 1. The van der Waals surface area contributed by atoms with E-state index in [1.807, 2.05) is 50.2 Å². The predicted octanol–water partition coefficient (Wildman–Crippen LogP) is 6.06. The maximum absolute atomic E-state index is 14.3. The smallest absolute Gasteiger partial charge is 0.338 e. The third-order valence-electron chi connectivity index (χ3n) is 7.50. The zero-order valence-corrected chi connectivity index (χ0v) is 29.1. The molecule has 3 heterocycles. The predicted molar refractivity (Wildman–Crippen MR) is 188 cm³/mol. The van der Waals surface area contributed by atoms with Crippen LogP contribution >= 0.6 is 34.7 Å². The normalized spacial score (nSPS) is 14.3. The standard InChI is InChI=1S/C35H28ClN5O6S2/c1-5-47-33(43)29-30(22-9-7-6-8-10-22)39-35-40(31(29)24-18-23(36)12-13-26(24)46-4)32(42)28(49-35)17-21-11-14-27(25(16-21)41(44)45)48-34-37-19(2)15-20(3)38-34/h6-18,31H,5H2,1-4H3/b28-17-/t31-/m0/s1. The van der Waals surface area contributed by atoms with Crippen LogP contribution in [0.3, 0.4) is 0 Å². The first-order valence-corrected chi connectivity index (χ1v) is 17.0. The molecule has 248 valence electrons. The van der Waals surface area contributed by atoms with Crippen molar-refractivity contribution in [3.05, 3.63) is 141 Å². The molecule has 0 saturated carbocycles. The zero-order chi connectivity index (χ0) is 34.8. The lowest BCUT2D eigenvalue weighted by Crippen LogP contribution is -2.40. The van der Waals surface area contributed by atoms with Gasteiger partial charge in [0.05, 0.1) is 39.3 Å². The Hall–Kier alpha value is -5.11. The molecule has 0 fully saturated rings. The highest BCUT2D eigenvalue weighted by Crippen LogP contribution is 2.40. The number of carbonyl (C=O) groups excluding carboxylic acids is 1. The summed E-state index contributed by atoms with van der Waals surface area (Å²) < 4.78 is 12.9. The number of esters is 1. The molecule has 0 amide bonds. The Morgan fingerprint density at radius 3 is 2.49 bits per heavy atom. The molecule has 0 saturated heterocycles. The molecule has 1 atom stereocenters. The van der Waals surface area contributed by atoms with E-state index in [4.69, 9.17) is 26.1 Å². The molecule has 0 spiro atoms. The molecule has 0 N–H and O–H groups in total. The van der Waals surface area contributed by atoms with Crippen LogP contribution < -0.4 is 19.6 Å². The van der Waals surface area contributed by atoms with E-state index in [1.165, 1.54) is 17.7 Å². The number of aryl methyl sites for hydroxylation is 2. The van der Waals surface area contributed by atoms with Gasteiger partial charge in [-0.05, 0) is 74.5 Å². The number of halogens is 1. The van der Waals surface area contributed by atoms with Gasteiger partial charge >= 0.3 is 5.97 Å². The van der Waals surface area contributed by atoms with E-state index in [9.17, 15) is 19.7 Å². The van der Waals surface area contributed by atoms with Gasteiger partial charge in [-0.15, -0.1) is 0 Å². The Bertz CT molecular complexity index is 2320. The Morgan fingerprint density at radius 2 is 1.82 bits per heavy atom. The van der Waals surface area contributed by atoms with Gasteiger partial charge in [0.25, 0.3) is 11.2 Å². The van der Waals surface area contributed by atoms with Crippen molar-refractivity contribution in [1.82, 2.24) is 14.5 Å². The number of ether oxygens (including phenoxy) is 2. The van der Waals surface area contributed by atoms with E-state index in [-0.39, 0.29) is 22.4 Å². The van der Waals surface area contributed by atoms with Crippen LogP contribution in [0.25, 0.3) is 11.8 Å². The van der Waals surface area contributed by atoms with Gasteiger partial charge in [0.1, 0.15) is 11.8 Å². The number of hydrogen-bond donors (Lipinski definition) is 0. The maximum Gasteiger partial charge on any atom is 0.338 e.